The third kappa shape index (κ3) is 3.37. The molecule has 9 heteroatoms. The zero-order valence-corrected chi connectivity index (χ0v) is 15.5. The highest BCUT2D eigenvalue weighted by Crippen LogP contribution is 2.34. The summed E-state index contributed by atoms with van der Waals surface area (Å²) in [7, 11) is 2.55. The normalized spacial score (nSPS) is 27.4. The van der Waals surface area contributed by atoms with Gasteiger partial charge in [0.25, 0.3) is 5.91 Å². The fourth-order valence-electron chi connectivity index (χ4n) is 3.04. The highest BCUT2D eigenvalue weighted by Gasteiger charge is 2.31. The van der Waals surface area contributed by atoms with Crippen LogP contribution in [-0.2, 0) is 9.53 Å². The number of aromatic nitrogens is 2. The van der Waals surface area contributed by atoms with Gasteiger partial charge in [-0.3, -0.25) is 4.79 Å². The lowest BCUT2D eigenvalue weighted by atomic mass is 10.2. The van der Waals surface area contributed by atoms with Gasteiger partial charge < -0.3 is 29.7 Å². The number of ether oxygens (including phenoxy) is 3. The number of methoxy groups -OCH3 is 2. The van der Waals surface area contributed by atoms with Crippen LogP contribution in [0.4, 0.5) is 11.8 Å². The molecular weight excluding hydrogens is 362 g/mol. The average molecular weight is 395 g/mol. The maximum Gasteiger partial charge on any atom is 0.251 e. The predicted molar refractivity (Wildman–Crippen MR) is 105 cm³/mol. The molecule has 2 aromatic rings. The standard InChI is InChI=1S/C19H25N5O4/c1-26-15-10-12-13(11-16(15)27-2)21-19(22-17(12)20)24-7-5-23(6-8-24)18(25)14-4-3-9-28-14/h10-11,14H,3-9H2,1-2H3,(H2,20,21,22)/i5D2,6D2,10D,11D/hD2. The van der Waals surface area contributed by atoms with Gasteiger partial charge in [0, 0.05) is 44.1 Å². The van der Waals surface area contributed by atoms with Crippen molar-refractivity contribution in [2.45, 2.75) is 18.9 Å². The third-order valence-electron chi connectivity index (χ3n) is 4.51. The maximum atomic E-state index is 12.9. The Morgan fingerprint density at radius 2 is 2.07 bits per heavy atom. The van der Waals surface area contributed by atoms with E-state index in [1.165, 1.54) is 14.2 Å². The van der Waals surface area contributed by atoms with Crippen LogP contribution in [0.5, 0.6) is 11.5 Å². The minimum atomic E-state index is -2.49. The first kappa shape index (κ1) is 11.3. The third-order valence-corrected chi connectivity index (χ3v) is 4.51. The fourth-order valence-corrected chi connectivity index (χ4v) is 3.04. The van der Waals surface area contributed by atoms with Crippen molar-refractivity contribution in [1.82, 2.24) is 14.9 Å². The predicted octanol–water partition coefficient (Wildman–Crippen LogP) is 1.06. The lowest BCUT2D eigenvalue weighted by molar-refractivity contribution is -0.141. The zero-order chi connectivity index (χ0) is 26.6. The molecule has 9 nitrogen and oxygen atoms in total. The van der Waals surface area contributed by atoms with Crippen LogP contribution in [0.25, 0.3) is 10.9 Å². The van der Waals surface area contributed by atoms with Gasteiger partial charge >= 0.3 is 0 Å². The molecule has 0 saturated carbocycles. The molecular formula is C19H25N5O4. The van der Waals surface area contributed by atoms with Crippen molar-refractivity contribution in [3.05, 3.63) is 12.1 Å². The fraction of sp³-hybridized carbons (Fsp3) is 0.526. The Morgan fingerprint density at radius 1 is 1.32 bits per heavy atom. The van der Waals surface area contributed by atoms with Crippen molar-refractivity contribution in [2.24, 2.45) is 0 Å². The van der Waals surface area contributed by atoms with Crippen LogP contribution >= 0.6 is 0 Å². The number of amides is 1. The number of nitrogen functional groups attached to an aromatic ring is 1. The molecule has 2 saturated heterocycles. The summed E-state index contributed by atoms with van der Waals surface area (Å²) in [5.41, 5.74) is -0.0432. The van der Waals surface area contributed by atoms with Gasteiger partial charge in [0.05, 0.1) is 28.0 Å². The van der Waals surface area contributed by atoms with E-state index in [1.807, 2.05) is 0 Å². The van der Waals surface area contributed by atoms with Crippen molar-refractivity contribution in [2.75, 3.05) is 57.5 Å². The SMILES string of the molecule is [2H]c1c(OC)c(OC)c([2H])c2c(N([2H])[2H])nc(N3CC([2H])([2H])N(C(=O)C4CCCO4)C([2H])([2H])C3)nc12. The molecule has 1 aromatic carbocycles. The lowest BCUT2D eigenvalue weighted by Crippen LogP contribution is -2.51. The largest absolute Gasteiger partial charge is 0.493 e. The number of fused-ring (bicyclic) bond motifs is 1. The van der Waals surface area contributed by atoms with Crippen molar-refractivity contribution in [3.63, 3.8) is 0 Å². The first-order valence-electron chi connectivity index (χ1n) is 12.6. The van der Waals surface area contributed by atoms with Gasteiger partial charge in [-0.1, -0.05) is 0 Å². The zero-order valence-electron chi connectivity index (χ0n) is 23.5. The Bertz CT molecular complexity index is 1180. The molecule has 1 amide bonds. The van der Waals surface area contributed by atoms with Crippen molar-refractivity contribution in [1.29, 1.82) is 0 Å². The number of rotatable bonds is 5. The van der Waals surface area contributed by atoms with Gasteiger partial charge in [-0.25, -0.2) is 4.98 Å². The lowest BCUT2D eigenvalue weighted by Gasteiger charge is -2.35. The molecule has 0 aliphatic carbocycles. The average Bonchev–Trinajstić information content (AvgIpc) is 3.33. The summed E-state index contributed by atoms with van der Waals surface area (Å²) in [6.07, 6.45) is 0.0708. The number of anilines is 2. The Labute approximate surface area is 174 Å². The van der Waals surface area contributed by atoms with E-state index >= 15 is 0 Å². The van der Waals surface area contributed by atoms with Crippen LogP contribution in [0.1, 0.15) is 21.1 Å². The van der Waals surface area contributed by atoms with E-state index in [0.717, 1.165) is 4.90 Å². The van der Waals surface area contributed by atoms with Gasteiger partial charge in [-0.2, -0.15) is 4.98 Å². The minimum Gasteiger partial charge on any atom is -0.493 e. The van der Waals surface area contributed by atoms with E-state index in [0.29, 0.717) is 24.3 Å². The summed E-state index contributed by atoms with van der Waals surface area (Å²) >= 11 is 0. The minimum absolute atomic E-state index is 0.107. The number of nitrogens with two attached hydrogens (primary N) is 1. The molecule has 2 N–H and O–H groups in total. The van der Waals surface area contributed by atoms with Gasteiger partial charge in [-0.15, -0.1) is 0 Å². The van der Waals surface area contributed by atoms with E-state index < -0.39 is 43.9 Å². The Balaban J connectivity index is 1.83. The second-order valence-corrected chi connectivity index (χ2v) is 6.23. The van der Waals surface area contributed by atoms with Crippen LogP contribution in [0.3, 0.4) is 0 Å². The number of carbonyl (C=O) groups is 1. The Hall–Kier alpha value is -2.81. The second kappa shape index (κ2) is 7.67. The Morgan fingerprint density at radius 3 is 2.71 bits per heavy atom. The molecule has 0 radical (unpaired) electrons. The van der Waals surface area contributed by atoms with E-state index in [1.54, 1.807) is 0 Å². The molecule has 1 unspecified atom stereocenters. The van der Waals surface area contributed by atoms with Crippen LogP contribution in [0, 0.1) is 0 Å². The Kier molecular flexibility index (Phi) is 3.08. The molecule has 2 aliphatic heterocycles. The second-order valence-electron chi connectivity index (χ2n) is 6.23. The summed E-state index contributed by atoms with van der Waals surface area (Å²) in [4.78, 5) is 23.1. The molecule has 2 aliphatic rings. The molecule has 2 fully saturated rings. The maximum absolute atomic E-state index is 12.9. The monoisotopic (exact) mass is 395 g/mol. The molecule has 28 heavy (non-hydrogen) atoms. The number of nitrogens with zero attached hydrogens (tertiary/aromatic N) is 4. The van der Waals surface area contributed by atoms with Crippen LogP contribution < -0.4 is 20.1 Å². The number of benzene rings is 1. The smallest absolute Gasteiger partial charge is 0.251 e. The van der Waals surface area contributed by atoms with Crippen molar-refractivity contribution < 1.29 is 30.1 Å². The quantitative estimate of drug-likeness (QED) is 0.802. The number of hydrogen-bond donors (Lipinski definition) is 1. The van der Waals surface area contributed by atoms with Crippen LogP contribution in [-0.4, -0.2) is 73.8 Å². The topological polar surface area (TPSA) is 103 Å². The molecule has 0 bridgehead atoms. The van der Waals surface area contributed by atoms with Gasteiger partial charge in [0.1, 0.15) is 11.9 Å². The van der Waals surface area contributed by atoms with Gasteiger partial charge in [-0.05, 0) is 18.9 Å². The van der Waals surface area contributed by atoms with E-state index in [9.17, 15) is 4.79 Å². The van der Waals surface area contributed by atoms with Gasteiger partial charge in [0.15, 0.2) is 14.3 Å². The summed E-state index contributed by atoms with van der Waals surface area (Å²) in [6.45, 7) is -5.70. The molecule has 0 spiro atoms. The molecule has 4 rings (SSSR count). The molecule has 1 atom stereocenters. The van der Waals surface area contributed by atoms with Crippen LogP contribution in [0.2, 0.25) is 2.82 Å². The summed E-state index contributed by atoms with van der Waals surface area (Å²) < 4.78 is 82.3. The first-order valence-corrected chi connectivity index (χ1v) is 8.75. The summed E-state index contributed by atoms with van der Waals surface area (Å²) in [5.74, 6) is -1.67. The highest BCUT2D eigenvalue weighted by molar-refractivity contribution is 5.91. The van der Waals surface area contributed by atoms with Gasteiger partial charge in [0.2, 0.25) is 5.95 Å². The number of carbonyl (C=O) groups excluding carboxylic acids is 1. The van der Waals surface area contributed by atoms with E-state index in [4.69, 9.17) is 25.3 Å². The molecule has 3 heterocycles. The molecule has 1 aromatic heterocycles. The van der Waals surface area contributed by atoms with Crippen molar-refractivity contribution in [3.8, 4) is 11.5 Å². The van der Waals surface area contributed by atoms with E-state index in [-0.39, 0.29) is 46.2 Å². The first-order chi connectivity index (χ1) is 16.8. The highest BCUT2D eigenvalue weighted by atomic mass is 16.5. The van der Waals surface area contributed by atoms with Crippen molar-refractivity contribution >= 4 is 28.6 Å². The molecule has 150 valence electrons. The number of hydrogen-bond acceptors (Lipinski definition) is 8. The van der Waals surface area contributed by atoms with Crippen LogP contribution in [0.15, 0.2) is 12.1 Å². The summed E-state index contributed by atoms with van der Waals surface area (Å²) in [5, 5.41) is -0.135. The summed E-state index contributed by atoms with van der Waals surface area (Å²) in [6, 6.07) is -0.630. The van der Waals surface area contributed by atoms with E-state index in [2.05, 4.69) is 9.97 Å². The number of piperazine rings is 1.